The van der Waals surface area contributed by atoms with Gasteiger partial charge in [0, 0.05) is 28.7 Å². The minimum Gasteiger partial charge on any atom is -0.496 e. The molecule has 0 radical (unpaired) electrons. The number of benzene rings is 2. The fourth-order valence-electron chi connectivity index (χ4n) is 3.51. The highest BCUT2D eigenvalue weighted by Gasteiger charge is 2.11. The quantitative estimate of drug-likeness (QED) is 0.402. The molecule has 2 aromatic carbocycles. The summed E-state index contributed by atoms with van der Waals surface area (Å²) in [4.78, 5) is 24.3. The Bertz CT molecular complexity index is 1540. The van der Waals surface area contributed by atoms with E-state index >= 15 is 0 Å². The number of methoxy groups -OCH3 is 1. The van der Waals surface area contributed by atoms with Crippen LogP contribution in [0, 0.1) is 5.82 Å². The Balaban J connectivity index is 1.44. The van der Waals surface area contributed by atoms with Crippen LogP contribution in [0.3, 0.4) is 0 Å². The standard InChI is InChI=1S/C24H18FN5O3/c1-32-20-8-5-15(10-16(20)13-33-21-4-2-3-9-26-21)12-28-30-14-27-22-18-11-17(25)6-7-19(18)29-23(22)24(30)31/h2-12,14,29H,13H2,1H3/b28-12-. The Morgan fingerprint density at radius 3 is 2.88 bits per heavy atom. The van der Waals surface area contributed by atoms with E-state index in [2.05, 4.69) is 20.1 Å². The van der Waals surface area contributed by atoms with E-state index in [1.807, 2.05) is 24.3 Å². The maximum absolute atomic E-state index is 13.6. The van der Waals surface area contributed by atoms with Crippen LogP contribution in [0.4, 0.5) is 4.39 Å². The molecular weight excluding hydrogens is 425 g/mol. The fourth-order valence-corrected chi connectivity index (χ4v) is 3.51. The van der Waals surface area contributed by atoms with Crippen molar-refractivity contribution in [3.8, 4) is 11.6 Å². The Labute approximate surface area is 187 Å². The lowest BCUT2D eigenvalue weighted by molar-refractivity contribution is 0.285. The molecule has 0 unspecified atom stereocenters. The molecule has 0 spiro atoms. The van der Waals surface area contributed by atoms with E-state index in [1.165, 1.54) is 18.5 Å². The molecule has 33 heavy (non-hydrogen) atoms. The van der Waals surface area contributed by atoms with E-state index in [9.17, 15) is 9.18 Å². The van der Waals surface area contributed by atoms with Gasteiger partial charge in [0.05, 0.1) is 13.3 Å². The van der Waals surface area contributed by atoms with Gasteiger partial charge in [-0.15, -0.1) is 0 Å². The summed E-state index contributed by atoms with van der Waals surface area (Å²) in [5.41, 5.74) is 2.44. The molecule has 0 saturated carbocycles. The van der Waals surface area contributed by atoms with Crippen molar-refractivity contribution in [2.75, 3.05) is 7.11 Å². The molecule has 0 fully saturated rings. The summed E-state index contributed by atoms with van der Waals surface area (Å²) in [6.45, 7) is 0.251. The van der Waals surface area contributed by atoms with Crippen LogP contribution in [0.1, 0.15) is 11.1 Å². The molecule has 0 aliphatic rings. The number of H-pyrrole nitrogens is 1. The van der Waals surface area contributed by atoms with E-state index in [4.69, 9.17) is 9.47 Å². The topological polar surface area (TPSA) is 94.4 Å². The summed E-state index contributed by atoms with van der Waals surface area (Å²) in [5, 5.41) is 4.80. The highest BCUT2D eigenvalue weighted by atomic mass is 19.1. The van der Waals surface area contributed by atoms with Crippen molar-refractivity contribution in [2.24, 2.45) is 5.10 Å². The van der Waals surface area contributed by atoms with Crippen LogP contribution in [-0.2, 0) is 6.61 Å². The molecule has 164 valence electrons. The van der Waals surface area contributed by atoms with Crippen molar-refractivity contribution in [3.63, 3.8) is 0 Å². The van der Waals surface area contributed by atoms with E-state index in [1.54, 1.807) is 37.7 Å². The molecule has 0 atom stereocenters. The van der Waals surface area contributed by atoms with E-state index in [0.29, 0.717) is 28.0 Å². The molecule has 0 saturated heterocycles. The van der Waals surface area contributed by atoms with Crippen molar-refractivity contribution in [2.45, 2.75) is 6.61 Å². The monoisotopic (exact) mass is 443 g/mol. The van der Waals surface area contributed by atoms with Gasteiger partial charge in [-0.1, -0.05) is 6.07 Å². The second-order valence-corrected chi connectivity index (χ2v) is 7.21. The van der Waals surface area contributed by atoms with Gasteiger partial charge in [0.15, 0.2) is 0 Å². The Morgan fingerprint density at radius 2 is 2.06 bits per heavy atom. The van der Waals surface area contributed by atoms with Crippen LogP contribution in [0.15, 0.2) is 77.0 Å². The minimum absolute atomic E-state index is 0.251. The van der Waals surface area contributed by atoms with Crippen LogP contribution >= 0.6 is 0 Å². The second kappa shape index (κ2) is 8.54. The fraction of sp³-hybridized carbons (Fsp3) is 0.0833. The third kappa shape index (κ3) is 4.03. The van der Waals surface area contributed by atoms with Crippen LogP contribution in [0.5, 0.6) is 11.6 Å². The van der Waals surface area contributed by atoms with Crippen molar-refractivity contribution in [1.29, 1.82) is 0 Å². The molecule has 0 aliphatic heterocycles. The Morgan fingerprint density at radius 1 is 1.15 bits per heavy atom. The average molecular weight is 443 g/mol. The number of ether oxygens (including phenoxy) is 2. The summed E-state index contributed by atoms with van der Waals surface area (Å²) in [7, 11) is 1.58. The first-order valence-corrected chi connectivity index (χ1v) is 10.1. The van der Waals surface area contributed by atoms with Gasteiger partial charge < -0.3 is 14.5 Å². The van der Waals surface area contributed by atoms with Gasteiger partial charge in [-0.3, -0.25) is 4.79 Å². The molecular formula is C24H18FN5O3. The summed E-state index contributed by atoms with van der Waals surface area (Å²) >= 11 is 0. The maximum atomic E-state index is 13.6. The molecule has 5 aromatic rings. The number of fused-ring (bicyclic) bond motifs is 3. The van der Waals surface area contributed by atoms with Crippen LogP contribution < -0.4 is 15.0 Å². The molecule has 0 aliphatic carbocycles. The number of aromatic nitrogens is 4. The van der Waals surface area contributed by atoms with Gasteiger partial charge in [0.1, 0.15) is 35.5 Å². The number of hydrogen-bond donors (Lipinski definition) is 1. The number of pyridine rings is 1. The maximum Gasteiger partial charge on any atom is 0.298 e. The van der Waals surface area contributed by atoms with Gasteiger partial charge >= 0.3 is 0 Å². The zero-order valence-electron chi connectivity index (χ0n) is 17.5. The van der Waals surface area contributed by atoms with Gasteiger partial charge in [-0.2, -0.15) is 9.78 Å². The lowest BCUT2D eigenvalue weighted by Gasteiger charge is -2.10. The van der Waals surface area contributed by atoms with Crippen molar-refractivity contribution in [3.05, 3.63) is 94.4 Å². The first-order chi connectivity index (χ1) is 16.1. The SMILES string of the molecule is COc1ccc(/C=N\n2cnc3c([nH]c4ccc(F)cc43)c2=O)cc1COc1ccccn1. The van der Waals surface area contributed by atoms with Crippen LogP contribution in [-0.4, -0.2) is 33.0 Å². The van der Waals surface area contributed by atoms with Crippen molar-refractivity contribution >= 4 is 28.2 Å². The number of aromatic amines is 1. The predicted molar refractivity (Wildman–Crippen MR) is 122 cm³/mol. The smallest absolute Gasteiger partial charge is 0.298 e. The van der Waals surface area contributed by atoms with Gasteiger partial charge in [0.25, 0.3) is 5.56 Å². The zero-order valence-corrected chi connectivity index (χ0v) is 17.5. The van der Waals surface area contributed by atoms with Gasteiger partial charge in [-0.25, -0.2) is 14.4 Å². The largest absolute Gasteiger partial charge is 0.496 e. The predicted octanol–water partition coefficient (Wildman–Crippen LogP) is 3.88. The Hall–Kier alpha value is -4.53. The zero-order chi connectivity index (χ0) is 22.8. The van der Waals surface area contributed by atoms with E-state index in [0.717, 1.165) is 15.8 Å². The lowest BCUT2D eigenvalue weighted by atomic mass is 10.1. The van der Waals surface area contributed by atoms with Crippen LogP contribution in [0.2, 0.25) is 0 Å². The molecule has 3 aromatic heterocycles. The summed E-state index contributed by atoms with van der Waals surface area (Å²) in [6, 6.07) is 15.1. The average Bonchev–Trinajstić information content (AvgIpc) is 3.21. The first-order valence-electron chi connectivity index (χ1n) is 10.1. The van der Waals surface area contributed by atoms with Crippen LogP contribution in [0.25, 0.3) is 21.9 Å². The van der Waals surface area contributed by atoms with Crippen molar-refractivity contribution in [1.82, 2.24) is 19.6 Å². The molecule has 1 N–H and O–H groups in total. The molecule has 0 bridgehead atoms. The summed E-state index contributed by atoms with van der Waals surface area (Å²) in [5.74, 6) is 0.770. The number of rotatable bonds is 6. The molecule has 5 rings (SSSR count). The molecule has 0 amide bonds. The van der Waals surface area contributed by atoms with Gasteiger partial charge in [0.2, 0.25) is 5.88 Å². The highest BCUT2D eigenvalue weighted by molar-refractivity contribution is 6.04. The lowest BCUT2D eigenvalue weighted by Crippen LogP contribution is -2.17. The van der Waals surface area contributed by atoms with E-state index in [-0.39, 0.29) is 17.7 Å². The van der Waals surface area contributed by atoms with Crippen molar-refractivity contribution < 1.29 is 13.9 Å². The third-order valence-corrected chi connectivity index (χ3v) is 5.10. The molecule has 3 heterocycles. The van der Waals surface area contributed by atoms with E-state index < -0.39 is 5.82 Å². The summed E-state index contributed by atoms with van der Waals surface area (Å²) in [6.07, 6.45) is 4.51. The normalized spacial score (nSPS) is 11.5. The third-order valence-electron chi connectivity index (χ3n) is 5.10. The Kier molecular flexibility index (Phi) is 5.27. The summed E-state index contributed by atoms with van der Waals surface area (Å²) < 4.78 is 25.9. The molecule has 8 nitrogen and oxygen atoms in total. The number of halogens is 1. The highest BCUT2D eigenvalue weighted by Crippen LogP contribution is 2.23. The second-order valence-electron chi connectivity index (χ2n) is 7.21. The molecule has 9 heteroatoms. The van der Waals surface area contributed by atoms with Gasteiger partial charge in [-0.05, 0) is 48.0 Å². The number of nitrogens with zero attached hydrogens (tertiary/aromatic N) is 4. The minimum atomic E-state index is -0.394. The number of nitrogens with one attached hydrogen (secondary N) is 1. The number of hydrogen-bond acceptors (Lipinski definition) is 6. The first kappa shape index (κ1) is 20.4.